The van der Waals surface area contributed by atoms with E-state index >= 15 is 0 Å². The number of rotatable bonds is 2. The van der Waals surface area contributed by atoms with E-state index in [0.717, 1.165) is 5.56 Å². The summed E-state index contributed by atoms with van der Waals surface area (Å²) in [5.41, 5.74) is -2.09. The van der Waals surface area contributed by atoms with Gasteiger partial charge in [-0.15, -0.1) is 0 Å². The summed E-state index contributed by atoms with van der Waals surface area (Å²) in [4.78, 5) is 11.9. The van der Waals surface area contributed by atoms with Gasteiger partial charge in [0, 0.05) is 5.41 Å². The van der Waals surface area contributed by atoms with Crippen molar-refractivity contribution in [2.75, 3.05) is 5.32 Å². The maximum Gasteiger partial charge on any atom is 0.229 e. The van der Waals surface area contributed by atoms with Gasteiger partial charge in [0.25, 0.3) is 0 Å². The van der Waals surface area contributed by atoms with Crippen LogP contribution in [0.2, 0.25) is 0 Å². The molecule has 0 aromatic heterocycles. The quantitative estimate of drug-likeness (QED) is 0.591. The fourth-order valence-corrected chi connectivity index (χ4v) is 2.02. The maximum atomic E-state index is 14.3. The number of halogens is 4. The number of amides is 1. The highest BCUT2D eigenvalue weighted by Crippen LogP contribution is 2.35. The zero-order valence-electron chi connectivity index (χ0n) is 13.7. The van der Waals surface area contributed by atoms with E-state index in [4.69, 9.17) is 0 Å². The molecule has 0 unspecified atom stereocenters. The van der Waals surface area contributed by atoms with Crippen LogP contribution in [0.4, 0.5) is 23.2 Å². The largest absolute Gasteiger partial charge is 0.321 e. The van der Waals surface area contributed by atoms with Crippen LogP contribution in [0.25, 0.3) is 11.1 Å². The summed E-state index contributed by atoms with van der Waals surface area (Å²) in [5.74, 6) is -7.14. The van der Waals surface area contributed by atoms with E-state index in [9.17, 15) is 22.4 Å². The van der Waals surface area contributed by atoms with Crippen LogP contribution in [0.3, 0.4) is 0 Å². The second-order valence-corrected chi connectivity index (χ2v) is 6.58. The van der Waals surface area contributed by atoms with Crippen LogP contribution in [-0.2, 0) is 4.79 Å². The van der Waals surface area contributed by atoms with Crippen molar-refractivity contribution in [1.29, 1.82) is 0 Å². The number of anilines is 1. The zero-order chi connectivity index (χ0) is 18.2. The van der Waals surface area contributed by atoms with Crippen LogP contribution in [0.1, 0.15) is 26.3 Å². The predicted octanol–water partition coefficient (Wildman–Crippen LogP) is 5.20. The molecule has 1 N–H and O–H groups in total. The van der Waals surface area contributed by atoms with Crippen molar-refractivity contribution in [2.24, 2.45) is 5.41 Å². The number of benzene rings is 2. The summed E-state index contributed by atoms with van der Waals surface area (Å²) >= 11 is 0. The maximum absolute atomic E-state index is 14.3. The molecule has 0 aliphatic heterocycles. The molecule has 0 aliphatic carbocycles. The fraction of sp³-hybridized carbons (Fsp3) is 0.278. The molecular formula is C18H17F4NO. The second kappa shape index (κ2) is 6.26. The highest BCUT2D eigenvalue weighted by atomic mass is 19.2. The summed E-state index contributed by atoms with van der Waals surface area (Å²) in [6, 6.07) is 5.87. The highest BCUT2D eigenvalue weighted by Gasteiger charge is 2.30. The minimum absolute atomic E-state index is 0.00194. The van der Waals surface area contributed by atoms with Gasteiger partial charge in [-0.1, -0.05) is 50.6 Å². The lowest BCUT2D eigenvalue weighted by Gasteiger charge is -2.19. The fourth-order valence-electron chi connectivity index (χ4n) is 2.02. The molecule has 0 atom stereocenters. The van der Waals surface area contributed by atoms with Crippen molar-refractivity contribution in [3.05, 3.63) is 53.1 Å². The first-order valence-electron chi connectivity index (χ1n) is 7.28. The third kappa shape index (κ3) is 3.27. The molecule has 0 saturated carbocycles. The standard InChI is InChI=1S/C18H17F4NO/c1-9-5-7-10(8-6-9)11-12(19)14(21)16(15(22)13(11)20)23-17(24)18(2,3)4/h5-8H,1-4H3,(H,23,24). The zero-order valence-corrected chi connectivity index (χ0v) is 13.7. The van der Waals surface area contributed by atoms with Gasteiger partial charge in [0.1, 0.15) is 5.69 Å². The second-order valence-electron chi connectivity index (χ2n) is 6.58. The van der Waals surface area contributed by atoms with Crippen molar-refractivity contribution in [3.8, 4) is 11.1 Å². The first kappa shape index (κ1) is 18.0. The molecule has 0 heterocycles. The third-order valence-electron chi connectivity index (χ3n) is 3.52. The monoisotopic (exact) mass is 339 g/mol. The van der Waals surface area contributed by atoms with Crippen molar-refractivity contribution in [1.82, 2.24) is 0 Å². The van der Waals surface area contributed by atoms with Gasteiger partial charge in [-0.05, 0) is 12.5 Å². The van der Waals surface area contributed by atoms with E-state index in [1.165, 1.54) is 32.9 Å². The lowest BCUT2D eigenvalue weighted by molar-refractivity contribution is -0.123. The molecule has 0 bridgehead atoms. The van der Waals surface area contributed by atoms with Crippen LogP contribution >= 0.6 is 0 Å². The first-order valence-corrected chi connectivity index (χ1v) is 7.28. The Morgan fingerprint density at radius 3 is 1.75 bits per heavy atom. The predicted molar refractivity (Wildman–Crippen MR) is 84.5 cm³/mol. The van der Waals surface area contributed by atoms with Gasteiger partial charge in [0.05, 0.1) is 5.56 Å². The Morgan fingerprint density at radius 1 is 0.875 bits per heavy atom. The Kier molecular flexibility index (Phi) is 4.69. The summed E-state index contributed by atoms with van der Waals surface area (Å²) in [7, 11) is 0. The molecule has 0 fully saturated rings. The smallest absolute Gasteiger partial charge is 0.229 e. The number of aryl methyl sites for hydroxylation is 1. The minimum atomic E-state index is -1.64. The van der Waals surface area contributed by atoms with E-state index in [1.54, 1.807) is 19.1 Å². The number of hydrogen-bond donors (Lipinski definition) is 1. The van der Waals surface area contributed by atoms with Gasteiger partial charge < -0.3 is 5.32 Å². The van der Waals surface area contributed by atoms with Gasteiger partial charge >= 0.3 is 0 Å². The Hall–Kier alpha value is -2.37. The Labute approximate surface area is 137 Å². The lowest BCUT2D eigenvalue weighted by Crippen LogP contribution is -2.29. The molecule has 0 saturated heterocycles. The van der Waals surface area contributed by atoms with Crippen LogP contribution < -0.4 is 5.32 Å². The molecule has 2 nitrogen and oxygen atoms in total. The molecule has 0 spiro atoms. The lowest BCUT2D eigenvalue weighted by atomic mass is 9.95. The van der Waals surface area contributed by atoms with Crippen molar-refractivity contribution in [3.63, 3.8) is 0 Å². The van der Waals surface area contributed by atoms with E-state index in [1.807, 2.05) is 5.32 Å². The first-order chi connectivity index (χ1) is 11.0. The number of carbonyl (C=O) groups is 1. The number of carbonyl (C=O) groups excluding carboxylic acids is 1. The Bertz CT molecular complexity index is 763. The number of hydrogen-bond acceptors (Lipinski definition) is 1. The van der Waals surface area contributed by atoms with E-state index in [-0.39, 0.29) is 5.56 Å². The highest BCUT2D eigenvalue weighted by molar-refractivity contribution is 5.95. The van der Waals surface area contributed by atoms with Crippen LogP contribution in [0.15, 0.2) is 24.3 Å². The summed E-state index contributed by atoms with van der Waals surface area (Å²) in [6.45, 7) is 6.28. The normalized spacial score (nSPS) is 11.5. The van der Waals surface area contributed by atoms with Crippen LogP contribution in [0, 0.1) is 35.6 Å². The molecule has 128 valence electrons. The van der Waals surface area contributed by atoms with Gasteiger partial charge in [-0.25, -0.2) is 17.6 Å². The Morgan fingerprint density at radius 2 is 1.33 bits per heavy atom. The van der Waals surface area contributed by atoms with Crippen molar-refractivity contribution in [2.45, 2.75) is 27.7 Å². The average molecular weight is 339 g/mol. The van der Waals surface area contributed by atoms with Crippen molar-refractivity contribution < 1.29 is 22.4 Å². The van der Waals surface area contributed by atoms with Gasteiger partial charge in [-0.3, -0.25) is 4.79 Å². The topological polar surface area (TPSA) is 29.1 Å². The third-order valence-corrected chi connectivity index (χ3v) is 3.52. The molecule has 24 heavy (non-hydrogen) atoms. The molecule has 0 radical (unpaired) electrons. The molecule has 1 amide bonds. The Balaban J connectivity index is 2.60. The van der Waals surface area contributed by atoms with Crippen LogP contribution in [-0.4, -0.2) is 5.91 Å². The van der Waals surface area contributed by atoms with Crippen molar-refractivity contribution >= 4 is 11.6 Å². The molecule has 2 aromatic rings. The summed E-state index contributed by atoms with van der Waals surface area (Å²) in [6.07, 6.45) is 0. The molecule has 2 rings (SSSR count). The SMILES string of the molecule is Cc1ccc(-c2c(F)c(F)c(NC(=O)C(C)(C)C)c(F)c2F)cc1. The molecule has 6 heteroatoms. The molecule has 2 aromatic carbocycles. The number of nitrogens with one attached hydrogen (secondary N) is 1. The molecular weight excluding hydrogens is 322 g/mol. The van der Waals surface area contributed by atoms with E-state index in [2.05, 4.69) is 0 Å². The summed E-state index contributed by atoms with van der Waals surface area (Å²) < 4.78 is 57.0. The minimum Gasteiger partial charge on any atom is -0.321 e. The van der Waals surface area contributed by atoms with Gasteiger partial charge in [0.15, 0.2) is 23.3 Å². The molecule has 0 aliphatic rings. The van der Waals surface area contributed by atoms with E-state index in [0.29, 0.717) is 0 Å². The van der Waals surface area contributed by atoms with E-state index < -0.39 is 45.8 Å². The summed E-state index contributed by atoms with van der Waals surface area (Å²) in [5, 5.41) is 1.92. The van der Waals surface area contributed by atoms with Crippen LogP contribution in [0.5, 0.6) is 0 Å². The average Bonchev–Trinajstić information content (AvgIpc) is 2.50. The van der Waals surface area contributed by atoms with Gasteiger partial charge in [-0.2, -0.15) is 0 Å². The van der Waals surface area contributed by atoms with Gasteiger partial charge in [0.2, 0.25) is 5.91 Å².